The third kappa shape index (κ3) is 2.84. The second-order valence-corrected chi connectivity index (χ2v) is 6.66. The molecule has 21 heavy (non-hydrogen) atoms. The molecule has 2 aromatic heterocycles. The minimum atomic E-state index is -1.04. The average Bonchev–Trinajstić information content (AvgIpc) is 3.06. The van der Waals surface area contributed by atoms with E-state index in [0.717, 1.165) is 21.1 Å². The SMILES string of the molecule is Cc1nc(-c2ccc(I)cc2)sc1-c1cc(C(=O)O)n[nH]1. The topological polar surface area (TPSA) is 78.9 Å². The number of carboxylic acids is 1. The summed E-state index contributed by atoms with van der Waals surface area (Å²) < 4.78 is 1.17. The van der Waals surface area contributed by atoms with Gasteiger partial charge in [0, 0.05) is 9.13 Å². The van der Waals surface area contributed by atoms with Gasteiger partial charge in [0.25, 0.3) is 0 Å². The van der Waals surface area contributed by atoms with Crippen molar-refractivity contribution in [1.29, 1.82) is 0 Å². The molecule has 0 radical (unpaired) electrons. The Bertz CT molecular complexity index is 808. The van der Waals surface area contributed by atoms with E-state index in [0.29, 0.717) is 5.69 Å². The lowest BCUT2D eigenvalue weighted by Gasteiger charge is -1.95. The molecule has 3 aromatic rings. The first-order valence-electron chi connectivity index (χ1n) is 6.07. The molecule has 0 saturated heterocycles. The fraction of sp³-hybridized carbons (Fsp3) is 0.0714. The van der Waals surface area contributed by atoms with Crippen molar-refractivity contribution in [2.24, 2.45) is 0 Å². The van der Waals surface area contributed by atoms with Crippen LogP contribution in [0.5, 0.6) is 0 Å². The zero-order valence-corrected chi connectivity index (χ0v) is 13.9. The number of rotatable bonds is 3. The highest BCUT2D eigenvalue weighted by atomic mass is 127. The Morgan fingerprint density at radius 3 is 2.67 bits per heavy atom. The van der Waals surface area contributed by atoms with Gasteiger partial charge < -0.3 is 5.11 Å². The Hall–Kier alpha value is -1.74. The summed E-state index contributed by atoms with van der Waals surface area (Å²) in [5.41, 5.74) is 2.59. The average molecular weight is 411 g/mol. The molecule has 2 heterocycles. The van der Waals surface area contributed by atoms with Crippen molar-refractivity contribution >= 4 is 39.9 Å². The first-order chi connectivity index (χ1) is 10.0. The predicted octanol–water partition coefficient (Wildman–Crippen LogP) is 3.81. The van der Waals surface area contributed by atoms with Crippen LogP contribution in [-0.2, 0) is 0 Å². The number of halogens is 1. The molecule has 0 fully saturated rings. The first-order valence-corrected chi connectivity index (χ1v) is 7.96. The third-order valence-corrected chi connectivity index (χ3v) is 4.89. The number of thiazole rings is 1. The quantitative estimate of drug-likeness (QED) is 0.643. The number of aromatic amines is 1. The number of nitrogens with one attached hydrogen (secondary N) is 1. The fourth-order valence-electron chi connectivity index (χ4n) is 1.91. The van der Waals surface area contributed by atoms with Gasteiger partial charge in [-0.3, -0.25) is 5.10 Å². The normalized spacial score (nSPS) is 10.8. The largest absolute Gasteiger partial charge is 0.476 e. The van der Waals surface area contributed by atoms with Crippen LogP contribution in [0.15, 0.2) is 30.3 Å². The van der Waals surface area contributed by atoms with Crippen molar-refractivity contribution in [3.05, 3.63) is 45.3 Å². The molecule has 0 unspecified atom stereocenters. The lowest BCUT2D eigenvalue weighted by Crippen LogP contribution is -1.95. The summed E-state index contributed by atoms with van der Waals surface area (Å²) in [5.74, 6) is -1.04. The Morgan fingerprint density at radius 1 is 1.33 bits per heavy atom. The molecule has 2 N–H and O–H groups in total. The van der Waals surface area contributed by atoms with Crippen molar-refractivity contribution in [1.82, 2.24) is 15.2 Å². The molecule has 106 valence electrons. The Labute approximate surface area is 138 Å². The highest BCUT2D eigenvalue weighted by Gasteiger charge is 2.15. The van der Waals surface area contributed by atoms with Crippen LogP contribution in [0, 0.1) is 10.5 Å². The molecule has 0 spiro atoms. The van der Waals surface area contributed by atoms with E-state index in [1.54, 1.807) is 0 Å². The molecule has 5 nitrogen and oxygen atoms in total. The van der Waals surface area contributed by atoms with Crippen LogP contribution in [0.1, 0.15) is 16.2 Å². The maximum atomic E-state index is 10.9. The molecule has 3 rings (SSSR count). The lowest BCUT2D eigenvalue weighted by atomic mass is 10.2. The summed E-state index contributed by atoms with van der Waals surface area (Å²) in [7, 11) is 0. The van der Waals surface area contributed by atoms with Crippen molar-refractivity contribution < 1.29 is 9.90 Å². The van der Waals surface area contributed by atoms with Crippen molar-refractivity contribution in [3.63, 3.8) is 0 Å². The van der Waals surface area contributed by atoms with Gasteiger partial charge in [0.1, 0.15) is 5.01 Å². The number of carbonyl (C=O) groups is 1. The molecule has 0 aliphatic carbocycles. The Balaban J connectivity index is 2.00. The maximum Gasteiger partial charge on any atom is 0.356 e. The van der Waals surface area contributed by atoms with E-state index in [1.807, 2.05) is 31.2 Å². The van der Waals surface area contributed by atoms with E-state index in [4.69, 9.17) is 5.11 Å². The molecule has 1 aromatic carbocycles. The van der Waals surface area contributed by atoms with Gasteiger partial charge >= 0.3 is 5.97 Å². The van der Waals surface area contributed by atoms with Gasteiger partial charge in [0.2, 0.25) is 0 Å². The number of hydrogen-bond donors (Lipinski definition) is 2. The van der Waals surface area contributed by atoms with Gasteiger partial charge in [-0.2, -0.15) is 5.10 Å². The summed E-state index contributed by atoms with van der Waals surface area (Å²) >= 11 is 3.78. The van der Waals surface area contributed by atoms with Crippen LogP contribution < -0.4 is 0 Å². The third-order valence-electron chi connectivity index (χ3n) is 2.93. The minimum Gasteiger partial charge on any atom is -0.476 e. The second-order valence-electron chi connectivity index (χ2n) is 4.41. The van der Waals surface area contributed by atoms with E-state index in [2.05, 4.69) is 37.8 Å². The fourth-order valence-corrected chi connectivity index (χ4v) is 3.31. The molecule has 0 aliphatic heterocycles. The van der Waals surface area contributed by atoms with Crippen molar-refractivity contribution in [3.8, 4) is 21.1 Å². The van der Waals surface area contributed by atoms with Gasteiger partial charge in [-0.1, -0.05) is 12.1 Å². The van der Waals surface area contributed by atoms with Crippen LogP contribution in [0.25, 0.3) is 21.1 Å². The van der Waals surface area contributed by atoms with Gasteiger partial charge in [-0.15, -0.1) is 11.3 Å². The molecular weight excluding hydrogens is 401 g/mol. The summed E-state index contributed by atoms with van der Waals surface area (Å²) in [6, 6.07) is 9.65. The van der Waals surface area contributed by atoms with Crippen LogP contribution in [0.3, 0.4) is 0 Å². The smallest absolute Gasteiger partial charge is 0.356 e. The van der Waals surface area contributed by atoms with E-state index in [9.17, 15) is 4.79 Å². The Kier molecular flexibility index (Phi) is 3.77. The van der Waals surface area contributed by atoms with Gasteiger partial charge in [0.05, 0.1) is 16.3 Å². The lowest BCUT2D eigenvalue weighted by molar-refractivity contribution is 0.0690. The predicted molar refractivity (Wildman–Crippen MR) is 89.5 cm³/mol. The van der Waals surface area contributed by atoms with E-state index in [1.165, 1.54) is 21.0 Å². The molecule has 0 bridgehead atoms. The number of aryl methyl sites for hydroxylation is 1. The zero-order chi connectivity index (χ0) is 15.0. The standard InChI is InChI=1S/C14H10IN3O2S/c1-7-12(10-6-11(14(19)20)18-17-10)21-13(16-7)8-2-4-9(15)5-3-8/h2-6H,1H3,(H,17,18)(H,19,20). The summed E-state index contributed by atoms with van der Waals surface area (Å²) in [6.45, 7) is 1.91. The van der Waals surface area contributed by atoms with E-state index < -0.39 is 5.97 Å². The van der Waals surface area contributed by atoms with Crippen LogP contribution >= 0.6 is 33.9 Å². The van der Waals surface area contributed by atoms with Crippen LogP contribution in [0.2, 0.25) is 0 Å². The van der Waals surface area contributed by atoms with Crippen molar-refractivity contribution in [2.75, 3.05) is 0 Å². The van der Waals surface area contributed by atoms with Crippen molar-refractivity contribution in [2.45, 2.75) is 6.92 Å². The number of aromatic carboxylic acids is 1. The molecule has 0 saturated carbocycles. The van der Waals surface area contributed by atoms with E-state index in [-0.39, 0.29) is 5.69 Å². The van der Waals surface area contributed by atoms with Crippen LogP contribution in [-0.4, -0.2) is 26.3 Å². The number of nitrogens with zero attached hydrogens (tertiary/aromatic N) is 2. The number of benzene rings is 1. The zero-order valence-electron chi connectivity index (χ0n) is 10.9. The number of aromatic nitrogens is 3. The summed E-state index contributed by atoms with van der Waals surface area (Å²) in [4.78, 5) is 16.4. The number of H-pyrrole nitrogens is 1. The molecular formula is C14H10IN3O2S. The Morgan fingerprint density at radius 2 is 2.05 bits per heavy atom. The number of hydrogen-bond acceptors (Lipinski definition) is 4. The van der Waals surface area contributed by atoms with Gasteiger partial charge in [-0.25, -0.2) is 9.78 Å². The molecule has 0 amide bonds. The highest BCUT2D eigenvalue weighted by Crippen LogP contribution is 2.34. The van der Waals surface area contributed by atoms with Crippen LogP contribution in [0.4, 0.5) is 0 Å². The van der Waals surface area contributed by atoms with Gasteiger partial charge in [-0.05, 0) is 47.7 Å². The maximum absolute atomic E-state index is 10.9. The molecule has 7 heteroatoms. The summed E-state index contributed by atoms with van der Waals surface area (Å²) in [5, 5.41) is 16.4. The highest BCUT2D eigenvalue weighted by molar-refractivity contribution is 14.1. The number of carboxylic acid groups (broad SMARTS) is 1. The second kappa shape index (κ2) is 5.57. The molecule has 0 aliphatic rings. The van der Waals surface area contributed by atoms with E-state index >= 15 is 0 Å². The minimum absolute atomic E-state index is 0.00798. The first kappa shape index (κ1) is 14.2. The summed E-state index contributed by atoms with van der Waals surface area (Å²) in [6.07, 6.45) is 0. The van der Waals surface area contributed by atoms with Gasteiger partial charge in [0.15, 0.2) is 5.69 Å². The monoisotopic (exact) mass is 411 g/mol. The molecule has 0 atom stereocenters.